The van der Waals surface area contributed by atoms with Crippen LogP contribution in [0.4, 0.5) is 0 Å². The smallest absolute Gasteiger partial charge is 0.255 e. The van der Waals surface area contributed by atoms with Gasteiger partial charge >= 0.3 is 0 Å². The molecule has 0 saturated carbocycles. The largest absolute Gasteiger partial charge is 0.464 e. The van der Waals surface area contributed by atoms with Crippen LogP contribution in [0.15, 0.2) is 92.7 Å². The highest BCUT2D eigenvalue weighted by Crippen LogP contribution is 2.19. The second-order valence-electron chi connectivity index (χ2n) is 9.38. The molecule has 2 amide bonds. The van der Waals surface area contributed by atoms with E-state index in [1.807, 2.05) is 49.4 Å². The molecule has 0 saturated heterocycles. The number of benzene rings is 3. The van der Waals surface area contributed by atoms with Crippen molar-refractivity contribution in [1.29, 1.82) is 0 Å². The maximum Gasteiger partial charge on any atom is 0.255 e. The molecular formula is C31H31BrN2O5. The van der Waals surface area contributed by atoms with E-state index < -0.39 is 0 Å². The molecule has 0 N–H and O–H groups in total. The standard InChI is InChI=1S/C31H31BrN2O5/c1-22-13-14-28-26(17-22)30(36)24(21-39-28)19-34(18-23-9-4-3-5-10-23)29(35)20-33(15-8-16-38-2)31(37)25-11-6-7-12-27(25)32/h3-7,9-14,17,21H,8,15-16,18-20H2,1-2H3. The van der Waals surface area contributed by atoms with Crippen molar-refractivity contribution in [2.45, 2.75) is 26.4 Å². The third kappa shape index (κ3) is 7.22. The van der Waals surface area contributed by atoms with Gasteiger partial charge in [0.15, 0.2) is 5.43 Å². The predicted octanol–water partition coefficient (Wildman–Crippen LogP) is 5.57. The third-order valence-corrected chi connectivity index (χ3v) is 7.12. The Morgan fingerprint density at radius 2 is 1.69 bits per heavy atom. The maximum absolute atomic E-state index is 13.8. The summed E-state index contributed by atoms with van der Waals surface area (Å²) in [6.45, 7) is 2.90. The molecule has 0 aliphatic heterocycles. The summed E-state index contributed by atoms with van der Waals surface area (Å²) in [6.07, 6.45) is 2.00. The van der Waals surface area contributed by atoms with Gasteiger partial charge in [0.2, 0.25) is 5.91 Å². The van der Waals surface area contributed by atoms with Gasteiger partial charge in [0.05, 0.1) is 29.3 Å². The number of halogens is 1. The fourth-order valence-corrected chi connectivity index (χ4v) is 4.81. The normalized spacial score (nSPS) is 10.9. The monoisotopic (exact) mass is 590 g/mol. The van der Waals surface area contributed by atoms with Crippen LogP contribution >= 0.6 is 15.9 Å². The number of carbonyl (C=O) groups is 2. The van der Waals surface area contributed by atoms with Crippen LogP contribution in [0.5, 0.6) is 0 Å². The van der Waals surface area contributed by atoms with E-state index in [4.69, 9.17) is 9.15 Å². The van der Waals surface area contributed by atoms with Gasteiger partial charge in [-0.3, -0.25) is 14.4 Å². The van der Waals surface area contributed by atoms with Crippen LogP contribution in [0.1, 0.15) is 33.5 Å². The summed E-state index contributed by atoms with van der Waals surface area (Å²) in [6, 6.07) is 22.2. The molecule has 0 radical (unpaired) electrons. The van der Waals surface area contributed by atoms with Gasteiger partial charge in [0.1, 0.15) is 12.1 Å². The van der Waals surface area contributed by atoms with Crippen LogP contribution in [0.25, 0.3) is 11.0 Å². The minimum absolute atomic E-state index is 0.0507. The first-order chi connectivity index (χ1) is 18.9. The van der Waals surface area contributed by atoms with E-state index in [-0.39, 0.29) is 36.9 Å². The van der Waals surface area contributed by atoms with Gasteiger partial charge in [0.25, 0.3) is 5.91 Å². The van der Waals surface area contributed by atoms with Crippen molar-refractivity contribution in [2.75, 3.05) is 26.8 Å². The first kappa shape index (κ1) is 28.3. The van der Waals surface area contributed by atoms with Crippen LogP contribution < -0.4 is 5.43 Å². The van der Waals surface area contributed by atoms with E-state index in [1.54, 1.807) is 42.3 Å². The number of rotatable bonds is 11. The highest BCUT2D eigenvalue weighted by atomic mass is 79.9. The highest BCUT2D eigenvalue weighted by Gasteiger charge is 2.25. The summed E-state index contributed by atoms with van der Waals surface area (Å²) in [5.74, 6) is -0.535. The third-order valence-electron chi connectivity index (χ3n) is 6.42. The van der Waals surface area contributed by atoms with Gasteiger partial charge in [0, 0.05) is 31.3 Å². The van der Waals surface area contributed by atoms with E-state index in [0.717, 1.165) is 11.1 Å². The van der Waals surface area contributed by atoms with Gasteiger partial charge in [-0.1, -0.05) is 54.1 Å². The van der Waals surface area contributed by atoms with Crippen molar-refractivity contribution in [3.63, 3.8) is 0 Å². The van der Waals surface area contributed by atoms with E-state index >= 15 is 0 Å². The molecule has 202 valence electrons. The van der Waals surface area contributed by atoms with Crippen molar-refractivity contribution in [3.8, 4) is 0 Å². The Balaban J connectivity index is 1.64. The summed E-state index contributed by atoms with van der Waals surface area (Å²) < 4.78 is 11.6. The SMILES string of the molecule is COCCCN(CC(=O)N(Cc1ccccc1)Cc1coc2ccc(C)cc2c1=O)C(=O)c1ccccc1Br. The van der Waals surface area contributed by atoms with Crippen molar-refractivity contribution in [1.82, 2.24) is 9.80 Å². The predicted molar refractivity (Wildman–Crippen MR) is 154 cm³/mol. The summed E-state index contributed by atoms with van der Waals surface area (Å²) in [5, 5.41) is 0.477. The molecule has 0 aliphatic rings. The van der Waals surface area contributed by atoms with E-state index in [2.05, 4.69) is 15.9 Å². The number of hydrogen-bond acceptors (Lipinski definition) is 5. The fraction of sp³-hybridized carbons (Fsp3) is 0.258. The van der Waals surface area contributed by atoms with Crippen molar-refractivity contribution >= 4 is 38.7 Å². The number of methoxy groups -OCH3 is 1. The maximum atomic E-state index is 13.8. The average molecular weight is 592 g/mol. The second-order valence-corrected chi connectivity index (χ2v) is 10.2. The Kier molecular flexibility index (Phi) is 9.68. The zero-order valence-corrected chi connectivity index (χ0v) is 23.6. The molecule has 8 heteroatoms. The zero-order valence-electron chi connectivity index (χ0n) is 22.1. The number of nitrogens with zero attached hydrogens (tertiary/aromatic N) is 2. The Labute approximate surface area is 236 Å². The zero-order chi connectivity index (χ0) is 27.8. The minimum atomic E-state index is -0.277. The van der Waals surface area contributed by atoms with Crippen molar-refractivity contribution in [3.05, 3.63) is 116 Å². The lowest BCUT2D eigenvalue weighted by Crippen LogP contribution is -2.43. The van der Waals surface area contributed by atoms with E-state index in [9.17, 15) is 14.4 Å². The highest BCUT2D eigenvalue weighted by molar-refractivity contribution is 9.10. The molecule has 4 aromatic rings. The average Bonchev–Trinajstić information content (AvgIpc) is 2.94. The molecule has 0 spiro atoms. The molecule has 3 aromatic carbocycles. The number of aryl methyl sites for hydroxylation is 1. The molecule has 0 fully saturated rings. The Morgan fingerprint density at radius 1 is 0.949 bits per heavy atom. The van der Waals surface area contributed by atoms with Crippen LogP contribution in [-0.4, -0.2) is 48.4 Å². The molecule has 39 heavy (non-hydrogen) atoms. The summed E-state index contributed by atoms with van der Waals surface area (Å²) in [4.78, 5) is 43.8. The Morgan fingerprint density at radius 3 is 2.44 bits per heavy atom. The number of hydrogen-bond donors (Lipinski definition) is 0. The lowest BCUT2D eigenvalue weighted by atomic mass is 10.1. The van der Waals surface area contributed by atoms with Crippen LogP contribution in [0.2, 0.25) is 0 Å². The number of amides is 2. The molecule has 0 atom stereocenters. The minimum Gasteiger partial charge on any atom is -0.464 e. The summed E-state index contributed by atoms with van der Waals surface area (Å²) in [5.41, 5.74) is 3.03. The quantitative estimate of drug-likeness (QED) is 0.213. The van der Waals surface area contributed by atoms with Gasteiger partial charge in [-0.2, -0.15) is 0 Å². The van der Waals surface area contributed by atoms with Crippen LogP contribution in [0, 0.1) is 6.92 Å². The van der Waals surface area contributed by atoms with Crippen molar-refractivity contribution < 1.29 is 18.7 Å². The Hall–Kier alpha value is -3.75. The van der Waals surface area contributed by atoms with Gasteiger partial charge in [-0.05, 0) is 59.1 Å². The topological polar surface area (TPSA) is 80.1 Å². The molecule has 1 aromatic heterocycles. The molecular weight excluding hydrogens is 560 g/mol. The van der Waals surface area contributed by atoms with Gasteiger partial charge in [-0.15, -0.1) is 0 Å². The van der Waals surface area contributed by atoms with Crippen LogP contribution in [-0.2, 0) is 22.6 Å². The van der Waals surface area contributed by atoms with E-state index in [0.29, 0.717) is 46.1 Å². The summed E-state index contributed by atoms with van der Waals surface area (Å²) >= 11 is 3.45. The van der Waals surface area contributed by atoms with Gasteiger partial charge in [-0.25, -0.2) is 0 Å². The lowest BCUT2D eigenvalue weighted by Gasteiger charge is -2.28. The van der Waals surface area contributed by atoms with Crippen molar-refractivity contribution in [2.24, 2.45) is 0 Å². The first-order valence-corrected chi connectivity index (χ1v) is 13.5. The molecule has 7 nitrogen and oxygen atoms in total. The molecule has 0 bridgehead atoms. The van der Waals surface area contributed by atoms with Gasteiger partial charge < -0.3 is 19.0 Å². The molecule has 1 heterocycles. The lowest BCUT2D eigenvalue weighted by molar-refractivity contribution is -0.133. The second kappa shape index (κ2) is 13.4. The molecule has 0 aliphatic carbocycles. The van der Waals surface area contributed by atoms with E-state index in [1.165, 1.54) is 11.2 Å². The number of ether oxygens (including phenoxy) is 1. The molecule has 4 rings (SSSR count). The number of fused-ring (bicyclic) bond motifs is 1. The number of carbonyl (C=O) groups excluding carboxylic acids is 2. The summed E-state index contributed by atoms with van der Waals surface area (Å²) in [7, 11) is 1.60. The Bertz CT molecular complexity index is 1500. The molecule has 0 unspecified atom stereocenters. The van der Waals surface area contributed by atoms with Crippen LogP contribution in [0.3, 0.4) is 0 Å². The fourth-order valence-electron chi connectivity index (χ4n) is 4.36. The first-order valence-electron chi connectivity index (χ1n) is 12.7.